The Morgan fingerprint density at radius 1 is 1.44 bits per heavy atom. The Labute approximate surface area is 93.5 Å². The van der Waals surface area contributed by atoms with Crippen molar-refractivity contribution in [2.45, 2.75) is 19.3 Å². The predicted octanol–water partition coefficient (Wildman–Crippen LogP) is 2.00. The second-order valence-electron chi connectivity index (χ2n) is 3.86. The van der Waals surface area contributed by atoms with Crippen LogP contribution in [0.15, 0.2) is 12.1 Å². The molecule has 0 radical (unpaired) electrons. The Hall–Kier alpha value is -2.02. The number of rotatable bonds is 1. The SMILES string of the molecule is N#Cc1cc2c(c(C(=O)O)c1)NCCCC2. The molecule has 0 atom stereocenters. The monoisotopic (exact) mass is 216 g/mol. The van der Waals surface area contributed by atoms with Gasteiger partial charge in [-0.2, -0.15) is 5.26 Å². The maximum absolute atomic E-state index is 11.1. The van der Waals surface area contributed by atoms with Crippen molar-refractivity contribution in [3.8, 4) is 6.07 Å². The lowest BCUT2D eigenvalue weighted by Crippen LogP contribution is -2.08. The van der Waals surface area contributed by atoms with Gasteiger partial charge in [-0.1, -0.05) is 0 Å². The third-order valence-corrected chi connectivity index (χ3v) is 2.75. The number of nitriles is 1. The van der Waals surface area contributed by atoms with Gasteiger partial charge in [-0.05, 0) is 37.0 Å². The summed E-state index contributed by atoms with van der Waals surface area (Å²) in [5.74, 6) is -0.984. The van der Waals surface area contributed by atoms with E-state index < -0.39 is 5.97 Å². The highest BCUT2D eigenvalue weighted by Crippen LogP contribution is 2.27. The number of aromatic carboxylic acids is 1. The van der Waals surface area contributed by atoms with Crippen LogP contribution in [0.5, 0.6) is 0 Å². The largest absolute Gasteiger partial charge is 0.478 e. The lowest BCUT2D eigenvalue weighted by Gasteiger charge is -2.11. The third-order valence-electron chi connectivity index (χ3n) is 2.75. The first kappa shape index (κ1) is 10.5. The summed E-state index contributed by atoms with van der Waals surface area (Å²) in [5, 5.41) is 21.1. The van der Waals surface area contributed by atoms with Crippen LogP contribution in [0.1, 0.15) is 34.3 Å². The maximum atomic E-state index is 11.1. The van der Waals surface area contributed by atoms with Crippen LogP contribution < -0.4 is 5.32 Å². The zero-order valence-corrected chi connectivity index (χ0v) is 8.79. The number of carboxylic acid groups (broad SMARTS) is 1. The summed E-state index contributed by atoms with van der Waals surface area (Å²) in [4.78, 5) is 11.1. The van der Waals surface area contributed by atoms with Gasteiger partial charge in [-0.25, -0.2) is 4.79 Å². The molecule has 0 aromatic heterocycles. The smallest absolute Gasteiger partial charge is 0.337 e. The molecule has 16 heavy (non-hydrogen) atoms. The van der Waals surface area contributed by atoms with E-state index in [1.807, 2.05) is 6.07 Å². The minimum absolute atomic E-state index is 0.205. The van der Waals surface area contributed by atoms with Crippen LogP contribution in [-0.2, 0) is 6.42 Å². The normalized spacial score (nSPS) is 14.2. The summed E-state index contributed by atoms with van der Waals surface area (Å²) in [6.07, 6.45) is 2.88. The molecule has 0 unspecified atom stereocenters. The molecule has 0 saturated carbocycles. The number of hydrogen-bond donors (Lipinski definition) is 2. The minimum Gasteiger partial charge on any atom is -0.478 e. The molecule has 2 rings (SSSR count). The van der Waals surface area contributed by atoms with Gasteiger partial charge in [0.1, 0.15) is 0 Å². The summed E-state index contributed by atoms with van der Waals surface area (Å²) in [7, 11) is 0. The van der Waals surface area contributed by atoms with E-state index in [0.29, 0.717) is 11.3 Å². The summed E-state index contributed by atoms with van der Waals surface area (Å²) >= 11 is 0. The second kappa shape index (κ2) is 4.23. The zero-order chi connectivity index (χ0) is 11.5. The summed E-state index contributed by atoms with van der Waals surface area (Å²) in [6, 6.07) is 5.21. The Morgan fingerprint density at radius 3 is 2.94 bits per heavy atom. The molecule has 0 aliphatic carbocycles. The van der Waals surface area contributed by atoms with Gasteiger partial charge in [0.05, 0.1) is 22.9 Å². The van der Waals surface area contributed by atoms with Crippen molar-refractivity contribution < 1.29 is 9.90 Å². The molecular formula is C12H12N2O2. The lowest BCUT2D eigenvalue weighted by molar-refractivity contribution is 0.0698. The molecule has 1 aliphatic rings. The number of anilines is 1. The quantitative estimate of drug-likeness (QED) is 0.753. The molecule has 2 N–H and O–H groups in total. The van der Waals surface area contributed by atoms with E-state index in [2.05, 4.69) is 5.32 Å². The molecule has 1 aromatic carbocycles. The van der Waals surface area contributed by atoms with Crippen molar-refractivity contribution >= 4 is 11.7 Å². The standard InChI is InChI=1S/C12H12N2O2/c13-7-8-5-9-3-1-2-4-14-11(9)10(6-8)12(15)16/h5-6,14H,1-4H2,(H,15,16). The molecular weight excluding hydrogens is 204 g/mol. The first-order valence-electron chi connectivity index (χ1n) is 5.26. The summed E-state index contributed by atoms with van der Waals surface area (Å²) < 4.78 is 0. The van der Waals surface area contributed by atoms with Crippen LogP contribution in [0.25, 0.3) is 0 Å². The number of aryl methyl sites for hydroxylation is 1. The van der Waals surface area contributed by atoms with Crippen LogP contribution in [0.2, 0.25) is 0 Å². The summed E-state index contributed by atoms with van der Waals surface area (Å²) in [5.41, 5.74) is 2.24. The van der Waals surface area contributed by atoms with Gasteiger partial charge >= 0.3 is 5.97 Å². The number of nitrogens with zero attached hydrogens (tertiary/aromatic N) is 1. The average Bonchev–Trinajstić information content (AvgIpc) is 2.52. The molecule has 4 heteroatoms. The van der Waals surface area contributed by atoms with Gasteiger partial charge in [-0.3, -0.25) is 0 Å². The fraction of sp³-hybridized carbons (Fsp3) is 0.333. The molecule has 1 aliphatic heterocycles. The van der Waals surface area contributed by atoms with Crippen molar-refractivity contribution in [2.24, 2.45) is 0 Å². The number of benzene rings is 1. The Bertz CT molecular complexity index is 475. The van der Waals surface area contributed by atoms with Crippen LogP contribution in [0.4, 0.5) is 5.69 Å². The van der Waals surface area contributed by atoms with Gasteiger partial charge in [-0.15, -0.1) is 0 Å². The Kier molecular flexibility index (Phi) is 2.78. The van der Waals surface area contributed by atoms with Crippen LogP contribution in [0, 0.1) is 11.3 Å². The van der Waals surface area contributed by atoms with E-state index >= 15 is 0 Å². The average molecular weight is 216 g/mol. The number of nitrogens with one attached hydrogen (secondary N) is 1. The zero-order valence-electron chi connectivity index (χ0n) is 8.79. The van der Waals surface area contributed by atoms with Crippen LogP contribution >= 0.6 is 0 Å². The first-order chi connectivity index (χ1) is 7.72. The van der Waals surface area contributed by atoms with E-state index in [1.54, 1.807) is 6.07 Å². The van der Waals surface area contributed by atoms with Crippen molar-refractivity contribution in [1.82, 2.24) is 0 Å². The number of carboxylic acids is 1. The van der Waals surface area contributed by atoms with E-state index in [0.717, 1.165) is 31.4 Å². The lowest BCUT2D eigenvalue weighted by atomic mass is 10.00. The number of fused-ring (bicyclic) bond motifs is 1. The van der Waals surface area contributed by atoms with Crippen molar-refractivity contribution in [3.05, 3.63) is 28.8 Å². The fourth-order valence-corrected chi connectivity index (χ4v) is 2.00. The summed E-state index contributed by atoms with van der Waals surface area (Å²) in [6.45, 7) is 0.791. The Balaban J connectivity index is 2.59. The first-order valence-corrected chi connectivity index (χ1v) is 5.26. The van der Waals surface area contributed by atoms with Crippen LogP contribution in [0.3, 0.4) is 0 Å². The molecule has 82 valence electrons. The highest BCUT2D eigenvalue weighted by Gasteiger charge is 2.17. The molecule has 0 spiro atoms. The number of hydrogen-bond acceptors (Lipinski definition) is 3. The van der Waals surface area contributed by atoms with E-state index in [1.165, 1.54) is 6.07 Å². The van der Waals surface area contributed by atoms with Gasteiger partial charge in [0.15, 0.2) is 0 Å². The van der Waals surface area contributed by atoms with Crippen molar-refractivity contribution in [1.29, 1.82) is 5.26 Å². The Morgan fingerprint density at radius 2 is 2.25 bits per heavy atom. The number of carbonyl (C=O) groups is 1. The van der Waals surface area contributed by atoms with Gasteiger partial charge in [0.25, 0.3) is 0 Å². The molecule has 0 amide bonds. The molecule has 1 heterocycles. The molecule has 0 fully saturated rings. The third kappa shape index (κ3) is 1.84. The highest BCUT2D eigenvalue weighted by atomic mass is 16.4. The van der Waals surface area contributed by atoms with E-state index in [-0.39, 0.29) is 5.56 Å². The fourth-order valence-electron chi connectivity index (χ4n) is 2.00. The van der Waals surface area contributed by atoms with Gasteiger partial charge in [0, 0.05) is 6.54 Å². The predicted molar refractivity (Wildman–Crippen MR) is 59.5 cm³/mol. The second-order valence-corrected chi connectivity index (χ2v) is 3.86. The molecule has 0 bridgehead atoms. The van der Waals surface area contributed by atoms with E-state index in [4.69, 9.17) is 10.4 Å². The highest BCUT2D eigenvalue weighted by molar-refractivity contribution is 5.95. The molecule has 4 nitrogen and oxygen atoms in total. The minimum atomic E-state index is -0.984. The van der Waals surface area contributed by atoms with E-state index in [9.17, 15) is 4.79 Å². The topological polar surface area (TPSA) is 73.1 Å². The molecule has 1 aromatic rings. The van der Waals surface area contributed by atoms with Crippen LogP contribution in [-0.4, -0.2) is 17.6 Å². The van der Waals surface area contributed by atoms with Gasteiger partial charge < -0.3 is 10.4 Å². The maximum Gasteiger partial charge on any atom is 0.337 e. The molecule has 0 saturated heterocycles. The van der Waals surface area contributed by atoms with Crippen molar-refractivity contribution in [2.75, 3.05) is 11.9 Å². The van der Waals surface area contributed by atoms with Crippen molar-refractivity contribution in [3.63, 3.8) is 0 Å². The van der Waals surface area contributed by atoms with Gasteiger partial charge in [0.2, 0.25) is 0 Å².